The van der Waals surface area contributed by atoms with Crippen molar-refractivity contribution in [3.63, 3.8) is 0 Å². The average Bonchev–Trinajstić information content (AvgIpc) is 3.17. The van der Waals surface area contributed by atoms with Crippen molar-refractivity contribution in [1.29, 1.82) is 0 Å². The van der Waals surface area contributed by atoms with Crippen LogP contribution in [0, 0.1) is 0 Å². The number of nitrogens with one attached hydrogen (secondary N) is 1. The molecule has 2 heterocycles. The van der Waals surface area contributed by atoms with Gasteiger partial charge in [0.05, 0.1) is 6.61 Å². The lowest BCUT2D eigenvalue weighted by molar-refractivity contribution is 0.0951. The predicted molar refractivity (Wildman–Crippen MR) is 98.3 cm³/mol. The van der Waals surface area contributed by atoms with Crippen molar-refractivity contribution < 1.29 is 22.7 Å². The number of benzene rings is 1. The van der Waals surface area contributed by atoms with E-state index in [-0.39, 0.29) is 22.4 Å². The topological polar surface area (TPSA) is 108 Å². The number of amides is 1. The third-order valence-electron chi connectivity index (χ3n) is 3.96. The highest BCUT2D eigenvalue weighted by Crippen LogP contribution is 2.35. The van der Waals surface area contributed by atoms with Crippen LogP contribution in [-0.4, -0.2) is 27.0 Å². The van der Waals surface area contributed by atoms with Gasteiger partial charge in [-0.2, -0.15) is 0 Å². The van der Waals surface area contributed by atoms with Crippen LogP contribution in [0.25, 0.3) is 0 Å². The Kier molecular flexibility index (Phi) is 5.22. The van der Waals surface area contributed by atoms with Gasteiger partial charge in [-0.1, -0.05) is 0 Å². The molecule has 0 aliphatic carbocycles. The van der Waals surface area contributed by atoms with E-state index in [0.29, 0.717) is 12.4 Å². The van der Waals surface area contributed by atoms with Crippen molar-refractivity contribution >= 4 is 27.3 Å². The fourth-order valence-electron chi connectivity index (χ4n) is 2.85. The van der Waals surface area contributed by atoms with Crippen LogP contribution in [0.2, 0.25) is 0 Å². The van der Waals surface area contributed by atoms with Crippen LogP contribution in [0.1, 0.15) is 34.6 Å². The van der Waals surface area contributed by atoms with Gasteiger partial charge in [0.15, 0.2) is 0 Å². The van der Waals surface area contributed by atoms with E-state index in [2.05, 4.69) is 5.32 Å². The summed E-state index contributed by atoms with van der Waals surface area (Å²) >= 11 is 1.03. The normalized spacial score (nSPS) is 16.0. The summed E-state index contributed by atoms with van der Waals surface area (Å²) in [5, 5.41) is 9.40. The van der Waals surface area contributed by atoms with Gasteiger partial charge in [-0.25, -0.2) is 13.6 Å². The molecular weight excluding hydrogens is 376 g/mol. The molecule has 1 amide bonds. The molecule has 0 saturated heterocycles. The monoisotopic (exact) mass is 396 g/mol. The Bertz CT molecular complexity index is 937. The standard InChI is InChI=1S/C17H20N2O5S2/c1-3-23-13-7-11-6-10(2)24-14(11)8-12(13)9-19-17(20)16-15(4-5-25-16)26(18,21)22/h4-5,7-8,10H,3,6,9H2,1-2H3,(H,19,20)(H2,18,21,22)/t10-/m1/s1. The molecule has 3 rings (SSSR count). The number of hydrogen-bond donors (Lipinski definition) is 2. The zero-order valence-electron chi connectivity index (χ0n) is 14.4. The molecule has 3 N–H and O–H groups in total. The molecule has 0 spiro atoms. The van der Waals surface area contributed by atoms with E-state index in [4.69, 9.17) is 14.6 Å². The third kappa shape index (κ3) is 3.84. The first-order valence-electron chi connectivity index (χ1n) is 8.13. The smallest absolute Gasteiger partial charge is 0.263 e. The van der Waals surface area contributed by atoms with Crippen LogP contribution >= 0.6 is 11.3 Å². The van der Waals surface area contributed by atoms with Gasteiger partial charge >= 0.3 is 0 Å². The van der Waals surface area contributed by atoms with Crippen LogP contribution < -0.4 is 19.9 Å². The highest BCUT2D eigenvalue weighted by atomic mass is 32.2. The molecule has 1 aliphatic rings. The first kappa shape index (κ1) is 18.7. The summed E-state index contributed by atoms with van der Waals surface area (Å²) in [5.41, 5.74) is 1.84. The average molecular weight is 396 g/mol. The second kappa shape index (κ2) is 7.26. The second-order valence-electron chi connectivity index (χ2n) is 5.97. The Hall–Kier alpha value is -2.10. The van der Waals surface area contributed by atoms with Gasteiger partial charge in [0.2, 0.25) is 10.0 Å². The zero-order chi connectivity index (χ0) is 18.9. The van der Waals surface area contributed by atoms with Gasteiger partial charge in [-0.05, 0) is 37.4 Å². The highest BCUT2D eigenvalue weighted by Gasteiger charge is 2.23. The van der Waals surface area contributed by atoms with Gasteiger partial charge in [0.25, 0.3) is 5.91 Å². The molecule has 0 bridgehead atoms. The minimum absolute atomic E-state index is 0.0662. The van der Waals surface area contributed by atoms with Crippen molar-refractivity contribution in [1.82, 2.24) is 5.32 Å². The van der Waals surface area contributed by atoms with Crippen LogP contribution in [0.4, 0.5) is 0 Å². The molecule has 1 aromatic heterocycles. The maximum absolute atomic E-state index is 12.4. The SMILES string of the molecule is CCOc1cc2c(cc1CNC(=O)c1sccc1S(N)(=O)=O)O[C@H](C)C2. The lowest BCUT2D eigenvalue weighted by Crippen LogP contribution is -2.25. The van der Waals surface area contributed by atoms with E-state index in [0.717, 1.165) is 34.6 Å². The Morgan fingerprint density at radius 3 is 2.92 bits per heavy atom. The lowest BCUT2D eigenvalue weighted by Gasteiger charge is -2.13. The number of hydrogen-bond acceptors (Lipinski definition) is 6. The fraction of sp³-hybridized carbons (Fsp3) is 0.353. The summed E-state index contributed by atoms with van der Waals surface area (Å²) in [5.74, 6) is 0.968. The molecule has 0 saturated carbocycles. The van der Waals surface area contributed by atoms with E-state index in [1.165, 1.54) is 11.4 Å². The summed E-state index contributed by atoms with van der Waals surface area (Å²) < 4.78 is 34.6. The van der Waals surface area contributed by atoms with Crippen LogP contribution in [0.15, 0.2) is 28.5 Å². The number of ether oxygens (including phenoxy) is 2. The number of carbonyl (C=O) groups is 1. The maximum Gasteiger partial charge on any atom is 0.263 e. The van der Waals surface area contributed by atoms with E-state index < -0.39 is 15.9 Å². The number of primary sulfonamides is 1. The van der Waals surface area contributed by atoms with Crippen molar-refractivity contribution in [3.05, 3.63) is 39.6 Å². The molecule has 1 aliphatic heterocycles. The molecule has 9 heteroatoms. The van der Waals surface area contributed by atoms with Crippen molar-refractivity contribution in [2.24, 2.45) is 5.14 Å². The van der Waals surface area contributed by atoms with Gasteiger partial charge in [0, 0.05) is 24.1 Å². The summed E-state index contributed by atoms with van der Waals surface area (Å²) in [6.45, 7) is 4.56. The minimum Gasteiger partial charge on any atom is -0.494 e. The number of rotatable bonds is 6. The van der Waals surface area contributed by atoms with Gasteiger partial charge < -0.3 is 14.8 Å². The van der Waals surface area contributed by atoms with E-state index in [9.17, 15) is 13.2 Å². The molecular formula is C17H20N2O5S2. The number of fused-ring (bicyclic) bond motifs is 1. The minimum atomic E-state index is -3.94. The van der Waals surface area contributed by atoms with Crippen molar-refractivity contribution in [2.75, 3.05) is 6.61 Å². The van der Waals surface area contributed by atoms with Gasteiger partial charge in [-0.3, -0.25) is 4.79 Å². The molecule has 1 atom stereocenters. The van der Waals surface area contributed by atoms with Crippen molar-refractivity contribution in [2.45, 2.75) is 37.8 Å². The highest BCUT2D eigenvalue weighted by molar-refractivity contribution is 7.89. The zero-order valence-corrected chi connectivity index (χ0v) is 16.1. The Morgan fingerprint density at radius 2 is 2.23 bits per heavy atom. The number of nitrogens with two attached hydrogens (primary N) is 1. The molecule has 0 unspecified atom stereocenters. The molecule has 7 nitrogen and oxygen atoms in total. The maximum atomic E-state index is 12.4. The quantitative estimate of drug-likeness (QED) is 0.777. The first-order valence-corrected chi connectivity index (χ1v) is 10.6. The predicted octanol–water partition coefficient (Wildman–Crippen LogP) is 2.05. The van der Waals surface area contributed by atoms with Gasteiger partial charge in [-0.15, -0.1) is 11.3 Å². The van der Waals surface area contributed by atoms with Crippen molar-refractivity contribution in [3.8, 4) is 11.5 Å². The number of sulfonamides is 1. The van der Waals surface area contributed by atoms with E-state index in [1.807, 2.05) is 26.0 Å². The number of carbonyl (C=O) groups excluding carboxylic acids is 1. The molecule has 2 aromatic rings. The second-order valence-corrected chi connectivity index (χ2v) is 8.42. The fourth-order valence-corrected chi connectivity index (χ4v) is 4.74. The summed E-state index contributed by atoms with van der Waals surface area (Å²) in [6.07, 6.45) is 0.919. The van der Waals surface area contributed by atoms with E-state index in [1.54, 1.807) is 0 Å². The summed E-state index contributed by atoms with van der Waals surface area (Å²) in [6, 6.07) is 5.12. The van der Waals surface area contributed by atoms with Crippen LogP contribution in [0.3, 0.4) is 0 Å². The Morgan fingerprint density at radius 1 is 1.46 bits per heavy atom. The van der Waals surface area contributed by atoms with Crippen LogP contribution in [0.5, 0.6) is 11.5 Å². The molecule has 140 valence electrons. The molecule has 0 fully saturated rings. The Labute approximate surface area is 156 Å². The number of thiophene rings is 1. The molecule has 0 radical (unpaired) electrons. The summed E-state index contributed by atoms with van der Waals surface area (Å²) in [4.78, 5) is 12.3. The first-order chi connectivity index (χ1) is 12.3. The molecule has 26 heavy (non-hydrogen) atoms. The Balaban J connectivity index is 1.81. The molecule has 1 aromatic carbocycles. The van der Waals surface area contributed by atoms with Crippen LogP contribution in [-0.2, 0) is 23.0 Å². The lowest BCUT2D eigenvalue weighted by atomic mass is 10.1. The summed E-state index contributed by atoms with van der Waals surface area (Å²) in [7, 11) is -3.94. The van der Waals surface area contributed by atoms with E-state index >= 15 is 0 Å². The third-order valence-corrected chi connectivity index (χ3v) is 5.96. The largest absolute Gasteiger partial charge is 0.494 e. The van der Waals surface area contributed by atoms with Gasteiger partial charge in [0.1, 0.15) is 27.4 Å².